The monoisotopic (exact) mass is 345 g/mol. The van der Waals surface area contributed by atoms with Crippen LogP contribution in [0.25, 0.3) is 0 Å². The van der Waals surface area contributed by atoms with Crippen LogP contribution in [-0.4, -0.2) is 80.2 Å². The van der Waals surface area contributed by atoms with Gasteiger partial charge in [0.1, 0.15) is 5.71 Å². The average molecular weight is 345 g/mol. The van der Waals surface area contributed by atoms with Crippen LogP contribution in [0.3, 0.4) is 0 Å². The van der Waals surface area contributed by atoms with E-state index in [9.17, 15) is 18.0 Å². The van der Waals surface area contributed by atoms with Crippen molar-refractivity contribution in [1.29, 1.82) is 0 Å². The molecule has 0 aromatic heterocycles. The first kappa shape index (κ1) is 17.9. The van der Waals surface area contributed by atoms with E-state index in [-0.39, 0.29) is 42.2 Å². The third-order valence-electron chi connectivity index (χ3n) is 4.25. The molecule has 0 N–H and O–H groups in total. The molecule has 2 rings (SSSR count). The number of methoxy groups -OCH3 is 1. The van der Waals surface area contributed by atoms with E-state index in [0.29, 0.717) is 18.7 Å². The molecule has 9 heteroatoms. The fourth-order valence-electron chi connectivity index (χ4n) is 2.74. The third kappa shape index (κ3) is 4.08. The molecule has 2 aliphatic rings. The Morgan fingerprint density at radius 1 is 1.48 bits per heavy atom. The van der Waals surface area contributed by atoms with E-state index in [4.69, 9.17) is 4.74 Å². The molecule has 23 heavy (non-hydrogen) atoms. The lowest BCUT2D eigenvalue weighted by Crippen LogP contribution is -2.46. The second-order valence-corrected chi connectivity index (χ2v) is 8.29. The van der Waals surface area contributed by atoms with Crippen LogP contribution >= 0.6 is 0 Å². The minimum absolute atomic E-state index is 0.0605. The summed E-state index contributed by atoms with van der Waals surface area (Å²) in [7, 11) is 0.107. The number of sulfone groups is 1. The van der Waals surface area contributed by atoms with Crippen LogP contribution in [0.1, 0.15) is 26.2 Å². The molecular formula is C14H23N3O5S. The normalized spacial score (nSPS) is 25.2. The van der Waals surface area contributed by atoms with Crippen molar-refractivity contribution in [2.75, 3.05) is 32.3 Å². The van der Waals surface area contributed by atoms with Gasteiger partial charge in [-0.05, 0) is 13.3 Å². The molecule has 1 fully saturated rings. The molecule has 0 spiro atoms. The van der Waals surface area contributed by atoms with E-state index in [1.165, 1.54) is 9.91 Å². The molecule has 0 aliphatic carbocycles. The highest BCUT2D eigenvalue weighted by Gasteiger charge is 2.37. The first-order valence-corrected chi connectivity index (χ1v) is 9.43. The summed E-state index contributed by atoms with van der Waals surface area (Å²) in [6.45, 7) is 2.26. The quantitative estimate of drug-likeness (QED) is 0.678. The highest BCUT2D eigenvalue weighted by atomic mass is 32.2. The summed E-state index contributed by atoms with van der Waals surface area (Å²) in [6, 6.07) is -0.578. The molecule has 2 aliphatic heterocycles. The third-order valence-corrected chi connectivity index (χ3v) is 6.00. The van der Waals surface area contributed by atoms with Gasteiger partial charge >= 0.3 is 0 Å². The van der Waals surface area contributed by atoms with Gasteiger partial charge in [0.15, 0.2) is 9.84 Å². The zero-order valence-corrected chi connectivity index (χ0v) is 14.5. The van der Waals surface area contributed by atoms with Crippen LogP contribution in [0.4, 0.5) is 0 Å². The Balaban J connectivity index is 2.14. The Bertz CT molecular complexity index is 616. The molecule has 2 heterocycles. The maximum atomic E-state index is 12.5. The minimum Gasteiger partial charge on any atom is -0.383 e. The molecular weight excluding hydrogens is 322 g/mol. The molecule has 0 aromatic carbocycles. The van der Waals surface area contributed by atoms with Gasteiger partial charge in [0, 0.05) is 27.0 Å². The Morgan fingerprint density at radius 2 is 2.17 bits per heavy atom. The molecule has 130 valence electrons. The summed E-state index contributed by atoms with van der Waals surface area (Å²) in [4.78, 5) is 26.1. The number of nitrogens with zero attached hydrogens (tertiary/aromatic N) is 3. The van der Waals surface area contributed by atoms with Crippen molar-refractivity contribution >= 4 is 27.4 Å². The number of amides is 2. The molecule has 2 unspecified atom stereocenters. The number of carbonyl (C=O) groups excluding carboxylic acids is 2. The molecule has 8 nitrogen and oxygen atoms in total. The van der Waals surface area contributed by atoms with Crippen molar-refractivity contribution in [3.05, 3.63) is 0 Å². The van der Waals surface area contributed by atoms with Gasteiger partial charge in [0.05, 0.1) is 30.2 Å². The molecule has 2 amide bonds. The molecule has 1 saturated heterocycles. The van der Waals surface area contributed by atoms with Gasteiger partial charge < -0.3 is 9.64 Å². The first-order chi connectivity index (χ1) is 10.7. The predicted molar refractivity (Wildman–Crippen MR) is 84.7 cm³/mol. The van der Waals surface area contributed by atoms with Gasteiger partial charge in [0.25, 0.3) is 5.91 Å². The predicted octanol–water partition coefficient (Wildman–Crippen LogP) is -0.355. The summed E-state index contributed by atoms with van der Waals surface area (Å²) in [5.41, 5.74) is 0.291. The number of hydrazone groups is 1. The lowest BCUT2D eigenvalue weighted by atomic mass is 10.1. The number of carbonyl (C=O) groups is 2. The van der Waals surface area contributed by atoms with Crippen LogP contribution < -0.4 is 0 Å². The first-order valence-electron chi connectivity index (χ1n) is 7.61. The fourth-order valence-corrected chi connectivity index (χ4v) is 4.43. The molecule has 2 atom stereocenters. The van der Waals surface area contributed by atoms with Gasteiger partial charge in [-0.15, -0.1) is 0 Å². The highest BCUT2D eigenvalue weighted by Crippen LogP contribution is 2.22. The van der Waals surface area contributed by atoms with E-state index in [1.54, 1.807) is 14.2 Å². The molecule has 0 aromatic rings. The second-order valence-electron chi connectivity index (χ2n) is 6.06. The summed E-state index contributed by atoms with van der Waals surface area (Å²) in [5.74, 6) is -0.505. The van der Waals surface area contributed by atoms with Gasteiger partial charge in [0.2, 0.25) is 5.91 Å². The smallest absolute Gasteiger partial charge is 0.270 e. The number of likely N-dealkylation sites (N-methyl/N-ethyl adjacent to an activating group) is 1. The number of hydrogen-bond acceptors (Lipinski definition) is 6. The zero-order chi connectivity index (χ0) is 17.2. The summed E-state index contributed by atoms with van der Waals surface area (Å²) in [6.07, 6.45) is 0.820. The number of ether oxygens (including phenoxy) is 1. The molecule has 0 bridgehead atoms. The summed E-state index contributed by atoms with van der Waals surface area (Å²) in [5, 5.41) is 5.38. The highest BCUT2D eigenvalue weighted by molar-refractivity contribution is 7.91. The van der Waals surface area contributed by atoms with Crippen molar-refractivity contribution < 1.29 is 22.7 Å². The molecule has 0 radical (unpaired) electrons. The van der Waals surface area contributed by atoms with Crippen LogP contribution in [-0.2, 0) is 24.2 Å². The van der Waals surface area contributed by atoms with E-state index in [0.717, 1.165) is 0 Å². The van der Waals surface area contributed by atoms with E-state index < -0.39 is 15.9 Å². The molecule has 0 saturated carbocycles. The standard InChI is InChI=1S/C14H23N3O5S/c1-10(8-22-3)16(2)14(19)12-4-5-13(18)17(15-12)11-6-7-23(20,21)9-11/h10-11H,4-9H2,1-3H3. The van der Waals surface area contributed by atoms with E-state index >= 15 is 0 Å². The van der Waals surface area contributed by atoms with Gasteiger partial charge in [-0.1, -0.05) is 0 Å². The van der Waals surface area contributed by atoms with Crippen molar-refractivity contribution in [1.82, 2.24) is 9.91 Å². The van der Waals surface area contributed by atoms with Crippen molar-refractivity contribution in [3.63, 3.8) is 0 Å². The minimum atomic E-state index is -3.12. The topological polar surface area (TPSA) is 96.3 Å². The maximum absolute atomic E-state index is 12.5. The lowest BCUT2D eigenvalue weighted by Gasteiger charge is -2.30. The van der Waals surface area contributed by atoms with Gasteiger partial charge in [-0.2, -0.15) is 5.10 Å². The van der Waals surface area contributed by atoms with Crippen LogP contribution in [0.2, 0.25) is 0 Å². The zero-order valence-electron chi connectivity index (χ0n) is 13.7. The summed E-state index contributed by atoms with van der Waals surface area (Å²) >= 11 is 0. The Kier molecular flexibility index (Phi) is 5.41. The number of rotatable bonds is 5. The SMILES string of the molecule is COCC(C)N(C)C(=O)C1=NN(C2CCS(=O)(=O)C2)C(=O)CC1. The van der Waals surface area contributed by atoms with E-state index in [1.807, 2.05) is 6.92 Å². The second kappa shape index (κ2) is 6.96. The van der Waals surface area contributed by atoms with Crippen LogP contribution in [0.15, 0.2) is 5.10 Å². The van der Waals surface area contributed by atoms with Gasteiger partial charge in [-0.25, -0.2) is 13.4 Å². The van der Waals surface area contributed by atoms with Gasteiger partial charge in [-0.3, -0.25) is 9.59 Å². The number of hydrogen-bond donors (Lipinski definition) is 0. The maximum Gasteiger partial charge on any atom is 0.270 e. The largest absolute Gasteiger partial charge is 0.383 e. The van der Waals surface area contributed by atoms with Crippen molar-refractivity contribution in [2.24, 2.45) is 5.10 Å². The Morgan fingerprint density at radius 3 is 2.74 bits per heavy atom. The lowest BCUT2D eigenvalue weighted by molar-refractivity contribution is -0.134. The van der Waals surface area contributed by atoms with Crippen molar-refractivity contribution in [2.45, 2.75) is 38.3 Å². The fraction of sp³-hybridized carbons (Fsp3) is 0.786. The van der Waals surface area contributed by atoms with Crippen LogP contribution in [0.5, 0.6) is 0 Å². The van der Waals surface area contributed by atoms with E-state index in [2.05, 4.69) is 5.10 Å². The van der Waals surface area contributed by atoms with Crippen LogP contribution in [0, 0.1) is 0 Å². The van der Waals surface area contributed by atoms with Crippen molar-refractivity contribution in [3.8, 4) is 0 Å². The average Bonchev–Trinajstić information content (AvgIpc) is 2.86. The Hall–Kier alpha value is -1.48. The summed E-state index contributed by atoms with van der Waals surface area (Å²) < 4.78 is 28.2. The Labute approximate surface area is 136 Å².